The third-order valence-electron chi connectivity index (χ3n) is 5.69. The number of rotatable bonds is 3. The van der Waals surface area contributed by atoms with Crippen LogP contribution in [0.15, 0.2) is 12.4 Å². The molecule has 2 saturated carbocycles. The molecule has 4 rings (SSSR count). The Balaban J connectivity index is 1.48. The predicted molar refractivity (Wildman–Crippen MR) is 77.6 cm³/mol. The molecule has 3 fully saturated rings. The highest BCUT2D eigenvalue weighted by Crippen LogP contribution is 2.59. The molecule has 0 bridgehead atoms. The average molecular weight is 273 g/mol. The van der Waals surface area contributed by atoms with Crippen LogP contribution in [0, 0.1) is 11.8 Å². The zero-order valence-electron chi connectivity index (χ0n) is 12.1. The van der Waals surface area contributed by atoms with E-state index < -0.39 is 0 Å². The molecule has 108 valence electrons. The molecule has 20 heavy (non-hydrogen) atoms. The Hall–Kier alpha value is -1.16. The van der Waals surface area contributed by atoms with Crippen molar-refractivity contribution in [3.05, 3.63) is 18.0 Å². The molecule has 1 spiro atoms. The maximum Gasteiger partial charge on any atom is 0.222 e. The number of aromatic nitrogens is 2. The minimum atomic E-state index is 0.208. The Morgan fingerprint density at radius 1 is 1.35 bits per heavy atom. The maximum absolute atomic E-state index is 6.17. The molecule has 2 aliphatic carbocycles. The second kappa shape index (κ2) is 4.69. The van der Waals surface area contributed by atoms with Gasteiger partial charge in [-0.2, -0.15) is 0 Å². The van der Waals surface area contributed by atoms with Crippen LogP contribution >= 0.6 is 0 Å². The van der Waals surface area contributed by atoms with Gasteiger partial charge < -0.3 is 10.1 Å². The van der Waals surface area contributed by atoms with Gasteiger partial charge in [-0.05, 0) is 50.0 Å². The molecule has 1 aromatic heterocycles. The average Bonchev–Trinajstić information content (AvgIpc) is 2.74. The van der Waals surface area contributed by atoms with Crippen LogP contribution in [0.4, 0.5) is 5.95 Å². The van der Waals surface area contributed by atoms with E-state index in [0.717, 1.165) is 24.9 Å². The van der Waals surface area contributed by atoms with Gasteiger partial charge in [0.1, 0.15) is 0 Å². The van der Waals surface area contributed by atoms with Gasteiger partial charge in [-0.25, -0.2) is 9.97 Å². The highest BCUT2D eigenvalue weighted by molar-refractivity contribution is 5.29. The summed E-state index contributed by atoms with van der Waals surface area (Å²) in [5, 5.41) is 3.57. The van der Waals surface area contributed by atoms with E-state index in [-0.39, 0.29) is 5.60 Å². The van der Waals surface area contributed by atoms with Gasteiger partial charge in [-0.1, -0.05) is 6.92 Å². The quantitative estimate of drug-likeness (QED) is 0.920. The topological polar surface area (TPSA) is 47.0 Å². The Bertz CT molecular complexity index is 489. The van der Waals surface area contributed by atoms with Crippen molar-refractivity contribution in [2.75, 3.05) is 11.9 Å². The number of ether oxygens (including phenoxy) is 1. The molecule has 4 unspecified atom stereocenters. The van der Waals surface area contributed by atoms with E-state index in [1.165, 1.54) is 37.7 Å². The fraction of sp³-hybridized carbons (Fsp3) is 0.750. The number of anilines is 1. The molecule has 4 nitrogen and oxygen atoms in total. The van der Waals surface area contributed by atoms with Gasteiger partial charge in [0.15, 0.2) is 0 Å². The Morgan fingerprint density at radius 3 is 2.95 bits per heavy atom. The van der Waals surface area contributed by atoms with E-state index in [0.29, 0.717) is 12.0 Å². The lowest BCUT2D eigenvalue weighted by Gasteiger charge is -2.57. The molecule has 1 saturated heterocycles. The summed E-state index contributed by atoms with van der Waals surface area (Å²) in [7, 11) is 0. The van der Waals surface area contributed by atoms with Gasteiger partial charge in [-0.3, -0.25) is 0 Å². The van der Waals surface area contributed by atoms with Gasteiger partial charge in [0, 0.05) is 31.0 Å². The molecule has 0 radical (unpaired) electrons. The summed E-state index contributed by atoms with van der Waals surface area (Å²) < 4.78 is 6.17. The van der Waals surface area contributed by atoms with E-state index in [9.17, 15) is 0 Å². The summed E-state index contributed by atoms with van der Waals surface area (Å²) in [6, 6.07) is 0.491. The lowest BCUT2D eigenvalue weighted by Crippen LogP contribution is -2.61. The minimum absolute atomic E-state index is 0.208. The van der Waals surface area contributed by atoms with Gasteiger partial charge in [0.25, 0.3) is 0 Å². The fourth-order valence-electron chi connectivity index (χ4n) is 4.54. The monoisotopic (exact) mass is 273 g/mol. The van der Waals surface area contributed by atoms with Crippen molar-refractivity contribution in [2.45, 2.75) is 57.1 Å². The summed E-state index contributed by atoms with van der Waals surface area (Å²) in [5.41, 5.74) is 1.40. The first-order valence-corrected chi connectivity index (χ1v) is 8.03. The number of hydrogen-bond donors (Lipinski definition) is 1. The van der Waals surface area contributed by atoms with E-state index in [2.05, 4.69) is 22.2 Å². The lowest BCUT2D eigenvalue weighted by molar-refractivity contribution is -0.161. The number of hydrogen-bond acceptors (Lipinski definition) is 4. The van der Waals surface area contributed by atoms with Gasteiger partial charge in [-0.15, -0.1) is 0 Å². The summed E-state index contributed by atoms with van der Waals surface area (Å²) in [6.45, 7) is 3.10. The summed E-state index contributed by atoms with van der Waals surface area (Å²) in [4.78, 5) is 8.89. The van der Waals surface area contributed by atoms with Crippen LogP contribution in [-0.2, 0) is 11.2 Å². The first kappa shape index (κ1) is 12.6. The summed E-state index contributed by atoms with van der Waals surface area (Å²) >= 11 is 0. The zero-order chi connectivity index (χ0) is 13.6. The molecular weight excluding hydrogens is 250 g/mol. The van der Waals surface area contributed by atoms with Crippen molar-refractivity contribution in [3.8, 4) is 0 Å². The van der Waals surface area contributed by atoms with Crippen molar-refractivity contribution >= 4 is 5.95 Å². The highest BCUT2D eigenvalue weighted by Gasteiger charge is 2.62. The molecular formula is C16H23N3O. The zero-order valence-corrected chi connectivity index (χ0v) is 12.1. The van der Waals surface area contributed by atoms with Gasteiger partial charge >= 0.3 is 0 Å². The van der Waals surface area contributed by atoms with Gasteiger partial charge in [0.2, 0.25) is 5.95 Å². The summed E-state index contributed by atoms with van der Waals surface area (Å²) in [5.74, 6) is 2.27. The molecule has 2 heterocycles. The molecule has 4 heteroatoms. The molecule has 0 amide bonds. The van der Waals surface area contributed by atoms with Crippen LogP contribution in [0.25, 0.3) is 0 Å². The molecule has 3 aliphatic rings. The molecule has 1 aromatic rings. The van der Waals surface area contributed by atoms with Crippen molar-refractivity contribution in [1.29, 1.82) is 0 Å². The smallest absolute Gasteiger partial charge is 0.222 e. The van der Waals surface area contributed by atoms with Crippen LogP contribution in [0.3, 0.4) is 0 Å². The van der Waals surface area contributed by atoms with Crippen molar-refractivity contribution in [2.24, 2.45) is 11.8 Å². The van der Waals surface area contributed by atoms with Crippen LogP contribution in [0.5, 0.6) is 0 Å². The normalized spacial score (nSPS) is 38.8. The van der Waals surface area contributed by atoms with Crippen molar-refractivity contribution in [1.82, 2.24) is 9.97 Å². The number of aryl methyl sites for hydroxylation is 1. The van der Waals surface area contributed by atoms with Crippen molar-refractivity contribution in [3.63, 3.8) is 0 Å². The fourth-order valence-corrected chi connectivity index (χ4v) is 4.54. The highest BCUT2D eigenvalue weighted by atomic mass is 16.5. The number of nitrogens with zero attached hydrogens (tertiary/aromatic N) is 2. The van der Waals surface area contributed by atoms with Crippen LogP contribution in [0.2, 0.25) is 0 Å². The Kier molecular flexibility index (Phi) is 2.95. The molecule has 4 atom stereocenters. The van der Waals surface area contributed by atoms with E-state index in [1.54, 1.807) is 0 Å². The third kappa shape index (κ3) is 1.77. The predicted octanol–water partition coefficient (Wildman–Crippen LogP) is 2.80. The summed E-state index contributed by atoms with van der Waals surface area (Å²) in [6.07, 6.45) is 11.2. The van der Waals surface area contributed by atoms with E-state index in [4.69, 9.17) is 4.74 Å². The molecule has 1 N–H and O–H groups in total. The third-order valence-corrected chi connectivity index (χ3v) is 5.69. The molecule has 0 aromatic carbocycles. The largest absolute Gasteiger partial charge is 0.374 e. The Labute approximate surface area is 120 Å². The lowest BCUT2D eigenvalue weighted by atomic mass is 9.53. The van der Waals surface area contributed by atoms with Crippen LogP contribution in [0.1, 0.15) is 44.6 Å². The van der Waals surface area contributed by atoms with E-state index >= 15 is 0 Å². The second-order valence-electron chi connectivity index (χ2n) is 6.54. The van der Waals surface area contributed by atoms with Crippen LogP contribution in [-0.4, -0.2) is 28.2 Å². The molecule has 1 aliphatic heterocycles. The first-order valence-electron chi connectivity index (χ1n) is 8.03. The second-order valence-corrected chi connectivity index (χ2v) is 6.54. The first-order chi connectivity index (χ1) is 9.82. The van der Waals surface area contributed by atoms with Crippen LogP contribution < -0.4 is 5.32 Å². The number of nitrogens with one attached hydrogen (secondary N) is 1. The van der Waals surface area contributed by atoms with Gasteiger partial charge in [0.05, 0.1) is 5.60 Å². The van der Waals surface area contributed by atoms with Crippen molar-refractivity contribution < 1.29 is 4.74 Å². The minimum Gasteiger partial charge on any atom is -0.374 e. The maximum atomic E-state index is 6.17. The standard InChI is InChI=1S/C16H23N3O/c1-2-11-9-17-15(18-10-11)19-14-4-3-6-16-12(5-7-20-16)8-13(14)16/h9-10,12-14H,2-8H2,1H3,(H,17,18,19). The SMILES string of the molecule is CCc1cnc(NC2CCCC34OCCC3CC24)nc1. The van der Waals surface area contributed by atoms with E-state index in [1.807, 2.05) is 12.4 Å². The Morgan fingerprint density at radius 2 is 2.20 bits per heavy atom.